The second-order valence-corrected chi connectivity index (χ2v) is 13.4. The number of fused-ring (bicyclic) bond motifs is 1. The average Bonchev–Trinajstić information content (AvgIpc) is 3.29. The van der Waals surface area contributed by atoms with Gasteiger partial charge in [-0.3, -0.25) is 24.0 Å². The van der Waals surface area contributed by atoms with Gasteiger partial charge in [-0.2, -0.15) is 13.2 Å². The van der Waals surface area contributed by atoms with Crippen LogP contribution in [-0.2, 0) is 21.4 Å². The Balaban J connectivity index is 0.000000559. The van der Waals surface area contributed by atoms with Crippen molar-refractivity contribution in [3.63, 3.8) is 0 Å². The molecule has 1 aromatic heterocycles. The molecule has 0 aliphatic carbocycles. The van der Waals surface area contributed by atoms with E-state index in [0.29, 0.717) is 17.1 Å². The molecule has 2 amide bonds. The molecule has 15 heteroatoms. The predicted octanol–water partition coefficient (Wildman–Crippen LogP) is 3.41. The van der Waals surface area contributed by atoms with Gasteiger partial charge in [0.15, 0.2) is 5.82 Å². The number of anilines is 1. The number of carbonyl (C=O) groups excluding carboxylic acids is 2. The third kappa shape index (κ3) is 8.16. The van der Waals surface area contributed by atoms with E-state index < -0.39 is 35.6 Å². The quantitative estimate of drug-likeness (QED) is 0.316. The summed E-state index contributed by atoms with van der Waals surface area (Å²) in [7, 11) is 1.54. The predicted molar refractivity (Wildman–Crippen MR) is 167 cm³/mol. The highest BCUT2D eigenvalue weighted by Crippen LogP contribution is 2.33. The molecule has 0 saturated carbocycles. The molecule has 3 N–H and O–H groups in total. The van der Waals surface area contributed by atoms with Gasteiger partial charge < -0.3 is 20.2 Å². The number of likely N-dealkylation sites (tertiary alicyclic amines) is 1. The van der Waals surface area contributed by atoms with Gasteiger partial charge in [-0.25, -0.2) is 14.0 Å². The van der Waals surface area contributed by atoms with Gasteiger partial charge in [-0.15, -0.1) is 0 Å². The number of carboxylic acids is 1. The number of imide groups is 1. The van der Waals surface area contributed by atoms with Crippen LogP contribution in [0.5, 0.6) is 0 Å². The van der Waals surface area contributed by atoms with Crippen LogP contribution in [-0.4, -0.2) is 88.9 Å². The highest BCUT2D eigenvalue weighted by molar-refractivity contribution is 6.00. The van der Waals surface area contributed by atoms with Crippen molar-refractivity contribution in [2.24, 2.45) is 24.8 Å². The van der Waals surface area contributed by atoms with E-state index in [1.54, 1.807) is 19.2 Å². The van der Waals surface area contributed by atoms with E-state index >= 15 is 4.39 Å². The summed E-state index contributed by atoms with van der Waals surface area (Å²) in [4.78, 5) is 50.8. The third-order valence-corrected chi connectivity index (χ3v) is 10.2. The van der Waals surface area contributed by atoms with E-state index in [1.165, 1.54) is 67.4 Å². The number of carboxylic acid groups (broad SMARTS) is 1. The minimum atomic E-state index is -5.08. The minimum Gasteiger partial charge on any atom is -0.475 e. The molecule has 4 fully saturated rings. The van der Waals surface area contributed by atoms with Gasteiger partial charge in [-0.05, 0) is 107 Å². The lowest BCUT2D eigenvalue weighted by molar-refractivity contribution is -0.192. The zero-order valence-electron chi connectivity index (χ0n) is 26.7. The SMILES string of the molecule is Cn1c(=O)n(C2CCC(=O)NC2=O)c2ccc(N3CCC(CN4CCC(CC5CCNCC5)CC4)CC3)c(F)c21.O=C(O)C(F)(F)F. The fourth-order valence-corrected chi connectivity index (χ4v) is 7.61. The number of rotatable bonds is 6. The molecule has 4 saturated heterocycles. The van der Waals surface area contributed by atoms with Crippen LogP contribution in [0.25, 0.3) is 11.0 Å². The van der Waals surface area contributed by atoms with Crippen molar-refractivity contribution in [1.82, 2.24) is 24.7 Å². The van der Waals surface area contributed by atoms with Crippen molar-refractivity contribution in [1.29, 1.82) is 0 Å². The Morgan fingerprint density at radius 1 is 0.915 bits per heavy atom. The first-order valence-electron chi connectivity index (χ1n) is 16.5. The molecule has 1 unspecified atom stereocenters. The van der Waals surface area contributed by atoms with E-state index in [-0.39, 0.29) is 24.3 Å². The molecule has 5 heterocycles. The summed E-state index contributed by atoms with van der Waals surface area (Å²) in [5.41, 5.74) is 0.669. The van der Waals surface area contributed by atoms with Crippen LogP contribution in [0.3, 0.4) is 0 Å². The fourth-order valence-electron chi connectivity index (χ4n) is 7.61. The average molecular weight is 669 g/mol. The number of aryl methyl sites for hydroxylation is 1. The molecule has 6 rings (SSSR count). The summed E-state index contributed by atoms with van der Waals surface area (Å²) in [6.07, 6.45) is 4.11. The molecular formula is C32H44F4N6O5. The summed E-state index contributed by atoms with van der Waals surface area (Å²) in [5, 5.41) is 12.9. The number of nitrogens with one attached hydrogen (secondary N) is 2. The van der Waals surface area contributed by atoms with E-state index in [2.05, 4.69) is 20.4 Å². The van der Waals surface area contributed by atoms with Crippen LogP contribution < -0.4 is 21.2 Å². The number of alkyl halides is 3. The molecule has 4 aliphatic heterocycles. The molecule has 0 radical (unpaired) electrons. The summed E-state index contributed by atoms with van der Waals surface area (Å²) in [5.74, 6) is -1.60. The Hall–Kier alpha value is -3.46. The monoisotopic (exact) mass is 668 g/mol. The maximum absolute atomic E-state index is 15.9. The maximum atomic E-state index is 15.9. The normalized spacial score (nSPS) is 22.7. The third-order valence-electron chi connectivity index (χ3n) is 10.2. The Labute approximate surface area is 270 Å². The number of hydrogen-bond acceptors (Lipinski definition) is 7. The van der Waals surface area contributed by atoms with Crippen LogP contribution in [0.4, 0.5) is 23.2 Å². The van der Waals surface area contributed by atoms with Crippen LogP contribution in [0, 0.1) is 23.6 Å². The molecule has 1 aromatic carbocycles. The number of aliphatic carboxylic acids is 1. The molecule has 2 aromatic rings. The second-order valence-electron chi connectivity index (χ2n) is 13.4. The Morgan fingerprint density at radius 2 is 1.51 bits per heavy atom. The number of aromatic nitrogens is 2. The number of nitrogens with zero attached hydrogens (tertiary/aromatic N) is 4. The summed E-state index contributed by atoms with van der Waals surface area (Å²) < 4.78 is 50.3. The lowest BCUT2D eigenvalue weighted by atomic mass is 9.83. The lowest BCUT2D eigenvalue weighted by Gasteiger charge is -2.39. The molecule has 1 atom stereocenters. The van der Waals surface area contributed by atoms with Gasteiger partial charge >= 0.3 is 17.8 Å². The number of benzene rings is 1. The first kappa shape index (κ1) is 34.9. The number of halogens is 4. The minimum absolute atomic E-state index is 0.158. The van der Waals surface area contributed by atoms with E-state index in [4.69, 9.17) is 9.90 Å². The largest absolute Gasteiger partial charge is 0.490 e. The topological polar surface area (TPSA) is 129 Å². The highest BCUT2D eigenvalue weighted by atomic mass is 19.4. The van der Waals surface area contributed by atoms with Crippen molar-refractivity contribution < 1.29 is 37.1 Å². The standard InChI is InChI=1S/C30H43FN6O3.C2HF3O2/c1-34-28-24(37(30(34)40)25-4-5-26(38)33-29(25)39)3-2-23(27(28)31)36-16-10-22(11-17-36)19-35-14-8-21(9-15-35)18-20-6-12-32-13-7-20;3-2(4,5)1(6)7/h2-3,20-22,25,32H,4-19H2,1H3,(H,33,38,39);(H,6,7). The first-order chi connectivity index (χ1) is 22.3. The number of amides is 2. The Bertz CT molecular complexity index is 1500. The maximum Gasteiger partial charge on any atom is 0.490 e. The van der Waals surface area contributed by atoms with E-state index in [1.807, 2.05) is 0 Å². The molecule has 0 spiro atoms. The number of imidazole rings is 1. The number of hydrogen-bond donors (Lipinski definition) is 3. The van der Waals surface area contributed by atoms with Gasteiger partial charge in [0.05, 0.1) is 11.2 Å². The number of carbonyl (C=O) groups is 3. The van der Waals surface area contributed by atoms with Crippen molar-refractivity contribution in [3.8, 4) is 0 Å². The first-order valence-corrected chi connectivity index (χ1v) is 16.5. The van der Waals surface area contributed by atoms with Crippen molar-refractivity contribution in [2.45, 2.75) is 70.0 Å². The van der Waals surface area contributed by atoms with Gasteiger partial charge in [0.25, 0.3) is 0 Å². The molecular weight excluding hydrogens is 624 g/mol. The molecule has 0 bridgehead atoms. The Kier molecular flexibility index (Phi) is 10.9. The highest BCUT2D eigenvalue weighted by Gasteiger charge is 2.38. The zero-order valence-corrected chi connectivity index (χ0v) is 26.7. The molecule has 260 valence electrons. The van der Waals surface area contributed by atoms with Gasteiger partial charge in [0, 0.05) is 33.1 Å². The number of piperidine rings is 4. The summed E-state index contributed by atoms with van der Waals surface area (Å²) in [6, 6.07) is 2.68. The van der Waals surface area contributed by atoms with Gasteiger partial charge in [0.1, 0.15) is 11.6 Å². The lowest BCUT2D eigenvalue weighted by Crippen LogP contribution is -2.44. The van der Waals surface area contributed by atoms with Crippen molar-refractivity contribution in [2.75, 3.05) is 50.7 Å². The van der Waals surface area contributed by atoms with E-state index in [9.17, 15) is 27.6 Å². The smallest absolute Gasteiger partial charge is 0.475 e. The van der Waals surface area contributed by atoms with Crippen LogP contribution in [0.2, 0.25) is 0 Å². The van der Waals surface area contributed by atoms with Gasteiger partial charge in [-0.1, -0.05) is 0 Å². The van der Waals surface area contributed by atoms with Gasteiger partial charge in [0.2, 0.25) is 11.8 Å². The van der Waals surface area contributed by atoms with Crippen LogP contribution >= 0.6 is 0 Å². The molecule has 47 heavy (non-hydrogen) atoms. The van der Waals surface area contributed by atoms with Crippen molar-refractivity contribution in [3.05, 3.63) is 28.4 Å². The van der Waals surface area contributed by atoms with E-state index in [0.717, 1.165) is 44.3 Å². The Morgan fingerprint density at radius 3 is 2.11 bits per heavy atom. The van der Waals surface area contributed by atoms with Crippen LogP contribution in [0.15, 0.2) is 16.9 Å². The molecule has 11 nitrogen and oxygen atoms in total. The fraction of sp³-hybridized carbons (Fsp3) is 0.688. The second kappa shape index (κ2) is 14.8. The summed E-state index contributed by atoms with van der Waals surface area (Å²) >= 11 is 0. The zero-order chi connectivity index (χ0) is 33.9. The molecule has 4 aliphatic rings. The van der Waals surface area contributed by atoms with Crippen molar-refractivity contribution >= 4 is 34.5 Å². The summed E-state index contributed by atoms with van der Waals surface area (Å²) in [6.45, 7) is 7.51. The van der Waals surface area contributed by atoms with Crippen LogP contribution in [0.1, 0.15) is 63.8 Å².